The molecule has 0 spiro atoms. The maximum Gasteiger partial charge on any atom is 0.322 e. The highest BCUT2D eigenvalue weighted by molar-refractivity contribution is 5.84. The smallest absolute Gasteiger partial charge is 0.322 e. The molecule has 5 N–H and O–H groups in total. The van der Waals surface area contributed by atoms with Crippen molar-refractivity contribution in [1.82, 2.24) is 25.1 Å². The van der Waals surface area contributed by atoms with Crippen LogP contribution in [0.5, 0.6) is 0 Å². The van der Waals surface area contributed by atoms with Gasteiger partial charge in [0.25, 0.3) is 0 Å². The molecule has 1 amide bonds. The highest BCUT2D eigenvalue weighted by atomic mass is 16.4. The van der Waals surface area contributed by atoms with E-state index in [0.29, 0.717) is 0 Å². The van der Waals surface area contributed by atoms with Crippen LogP contribution in [0, 0.1) is 0 Å². The second kappa shape index (κ2) is 12.8. The standard InChI is InChI=1S/C17H29N5O9/c1-12(17(31)18-8-13(23)24)22-7-5-20(10-15(27)28)3-2-19(9-14(25)26)4-6-21(22)11-16(29)30/h12H,2-11H2,1H3,(H,18,31)(H,23,24)(H,25,26)(H,27,28)(H,29,30). The fourth-order valence-electron chi connectivity index (χ4n) is 3.19. The Bertz CT molecular complexity index is 674. The van der Waals surface area contributed by atoms with Crippen LogP contribution in [0.2, 0.25) is 0 Å². The summed E-state index contributed by atoms with van der Waals surface area (Å²) in [5, 5.41) is 41.4. The number of hydrazine groups is 1. The zero-order valence-corrected chi connectivity index (χ0v) is 17.3. The van der Waals surface area contributed by atoms with E-state index < -0.39 is 48.9 Å². The van der Waals surface area contributed by atoms with Gasteiger partial charge in [-0.3, -0.25) is 33.8 Å². The molecule has 1 aliphatic rings. The molecule has 14 nitrogen and oxygen atoms in total. The van der Waals surface area contributed by atoms with E-state index in [1.807, 2.05) is 0 Å². The lowest BCUT2D eigenvalue weighted by molar-refractivity contribution is -0.153. The number of carbonyl (C=O) groups excluding carboxylic acids is 1. The fourth-order valence-corrected chi connectivity index (χ4v) is 3.19. The Labute approximate surface area is 178 Å². The molecular formula is C17H29N5O9. The van der Waals surface area contributed by atoms with Crippen LogP contribution in [-0.2, 0) is 24.0 Å². The Morgan fingerprint density at radius 2 is 1.16 bits per heavy atom. The van der Waals surface area contributed by atoms with Gasteiger partial charge in [0.2, 0.25) is 5.91 Å². The van der Waals surface area contributed by atoms with Crippen molar-refractivity contribution < 1.29 is 44.4 Å². The van der Waals surface area contributed by atoms with Crippen molar-refractivity contribution in [2.45, 2.75) is 13.0 Å². The molecule has 0 aliphatic carbocycles. The number of hydrogen-bond acceptors (Lipinski definition) is 9. The van der Waals surface area contributed by atoms with Gasteiger partial charge in [0.05, 0.1) is 13.1 Å². The molecule has 0 aromatic carbocycles. The maximum atomic E-state index is 12.4. The van der Waals surface area contributed by atoms with Gasteiger partial charge in [0.15, 0.2) is 0 Å². The van der Waals surface area contributed by atoms with Crippen LogP contribution in [0.15, 0.2) is 0 Å². The van der Waals surface area contributed by atoms with Gasteiger partial charge < -0.3 is 25.7 Å². The van der Waals surface area contributed by atoms with Gasteiger partial charge in [-0.05, 0) is 6.92 Å². The minimum atomic E-state index is -1.24. The molecule has 31 heavy (non-hydrogen) atoms. The third-order valence-electron chi connectivity index (χ3n) is 4.69. The Kier molecular flexibility index (Phi) is 10.8. The lowest BCUT2D eigenvalue weighted by atomic mass is 10.2. The predicted octanol–water partition coefficient (Wildman–Crippen LogP) is -3.03. The zero-order valence-electron chi connectivity index (χ0n) is 17.3. The van der Waals surface area contributed by atoms with Crippen molar-refractivity contribution in [2.24, 2.45) is 0 Å². The van der Waals surface area contributed by atoms with Crippen LogP contribution < -0.4 is 5.32 Å². The summed E-state index contributed by atoms with van der Waals surface area (Å²) in [5.74, 6) is -5.21. The Morgan fingerprint density at radius 1 is 0.710 bits per heavy atom. The summed E-state index contributed by atoms with van der Waals surface area (Å²) in [7, 11) is 0. The number of carboxylic acids is 4. The van der Waals surface area contributed by atoms with Gasteiger partial charge in [0, 0.05) is 39.3 Å². The van der Waals surface area contributed by atoms with Crippen LogP contribution in [-0.4, -0.2) is 142 Å². The lowest BCUT2D eigenvalue weighted by Crippen LogP contribution is -2.59. The average molecular weight is 447 g/mol. The number of rotatable bonds is 10. The second-order valence-corrected chi connectivity index (χ2v) is 7.07. The molecule has 0 aromatic rings. The summed E-state index contributed by atoms with van der Waals surface area (Å²) in [6, 6.07) is -0.947. The molecule has 0 aromatic heterocycles. The maximum absolute atomic E-state index is 12.4. The van der Waals surface area contributed by atoms with Crippen LogP contribution in [0.4, 0.5) is 0 Å². The first kappa shape index (κ1) is 26.2. The average Bonchev–Trinajstić information content (AvgIpc) is 2.65. The van der Waals surface area contributed by atoms with Crippen molar-refractivity contribution in [3.8, 4) is 0 Å². The van der Waals surface area contributed by atoms with E-state index in [2.05, 4.69) is 5.32 Å². The Morgan fingerprint density at radius 3 is 1.61 bits per heavy atom. The van der Waals surface area contributed by atoms with Crippen LogP contribution in [0.25, 0.3) is 0 Å². The molecule has 0 bridgehead atoms. The molecule has 1 heterocycles. The van der Waals surface area contributed by atoms with Gasteiger partial charge in [-0.1, -0.05) is 0 Å². The molecule has 1 rings (SSSR count). The van der Waals surface area contributed by atoms with Gasteiger partial charge in [-0.15, -0.1) is 0 Å². The number of nitrogens with zero attached hydrogens (tertiary/aromatic N) is 4. The van der Waals surface area contributed by atoms with E-state index in [1.54, 1.807) is 9.80 Å². The SMILES string of the molecule is CC(C(=O)NCC(=O)O)N1CCN(CC(=O)O)CCN(CC(=O)O)CCN1CC(=O)O. The fraction of sp³-hybridized carbons (Fsp3) is 0.706. The summed E-state index contributed by atoms with van der Waals surface area (Å²) in [6.45, 7) is 0.875. The molecule has 14 heteroatoms. The second-order valence-electron chi connectivity index (χ2n) is 7.07. The minimum absolute atomic E-state index is 0.106. The number of hydrogen-bond donors (Lipinski definition) is 5. The molecule has 1 saturated heterocycles. The van der Waals surface area contributed by atoms with Crippen molar-refractivity contribution in [3.05, 3.63) is 0 Å². The molecule has 1 aliphatic heterocycles. The van der Waals surface area contributed by atoms with E-state index >= 15 is 0 Å². The van der Waals surface area contributed by atoms with E-state index in [9.17, 15) is 29.1 Å². The predicted molar refractivity (Wildman–Crippen MR) is 104 cm³/mol. The molecule has 0 radical (unpaired) electrons. The number of nitrogens with one attached hydrogen (secondary N) is 1. The first-order valence-corrected chi connectivity index (χ1v) is 9.60. The molecule has 1 atom stereocenters. The third kappa shape index (κ3) is 10.2. The van der Waals surface area contributed by atoms with Crippen molar-refractivity contribution in [2.75, 3.05) is 65.4 Å². The number of amides is 1. The molecule has 0 saturated carbocycles. The van der Waals surface area contributed by atoms with E-state index in [1.165, 1.54) is 16.9 Å². The van der Waals surface area contributed by atoms with Crippen molar-refractivity contribution in [3.63, 3.8) is 0 Å². The highest BCUT2D eigenvalue weighted by Gasteiger charge is 2.30. The lowest BCUT2D eigenvalue weighted by Gasteiger charge is -2.40. The summed E-state index contributed by atoms with van der Waals surface area (Å²) < 4.78 is 0. The van der Waals surface area contributed by atoms with Crippen LogP contribution in [0.3, 0.4) is 0 Å². The van der Waals surface area contributed by atoms with Crippen molar-refractivity contribution in [1.29, 1.82) is 0 Å². The van der Waals surface area contributed by atoms with Gasteiger partial charge in [-0.2, -0.15) is 0 Å². The van der Waals surface area contributed by atoms with Crippen LogP contribution >= 0.6 is 0 Å². The Balaban J connectivity index is 3.12. The van der Waals surface area contributed by atoms with E-state index in [-0.39, 0.29) is 52.4 Å². The van der Waals surface area contributed by atoms with Crippen LogP contribution in [0.1, 0.15) is 6.92 Å². The molecular weight excluding hydrogens is 418 g/mol. The van der Waals surface area contributed by atoms with Crippen molar-refractivity contribution >= 4 is 29.8 Å². The van der Waals surface area contributed by atoms with E-state index in [0.717, 1.165) is 0 Å². The number of carboxylic acid groups (broad SMARTS) is 4. The Hall–Kier alpha value is -2.81. The first-order valence-electron chi connectivity index (χ1n) is 9.60. The van der Waals surface area contributed by atoms with Gasteiger partial charge >= 0.3 is 23.9 Å². The number of aliphatic carboxylic acids is 4. The third-order valence-corrected chi connectivity index (χ3v) is 4.69. The minimum Gasteiger partial charge on any atom is -0.480 e. The van der Waals surface area contributed by atoms with E-state index in [4.69, 9.17) is 15.3 Å². The molecule has 1 unspecified atom stereocenters. The summed E-state index contributed by atoms with van der Waals surface area (Å²) in [5.41, 5.74) is 0. The topological polar surface area (TPSA) is 191 Å². The monoisotopic (exact) mass is 447 g/mol. The largest absolute Gasteiger partial charge is 0.480 e. The van der Waals surface area contributed by atoms with Gasteiger partial charge in [-0.25, -0.2) is 10.0 Å². The zero-order chi connectivity index (χ0) is 23.6. The summed E-state index contributed by atoms with van der Waals surface area (Å²) in [4.78, 5) is 60.0. The molecule has 1 fully saturated rings. The summed E-state index contributed by atoms with van der Waals surface area (Å²) >= 11 is 0. The summed E-state index contributed by atoms with van der Waals surface area (Å²) in [6.07, 6.45) is 0. The first-order chi connectivity index (χ1) is 14.5. The highest BCUT2D eigenvalue weighted by Crippen LogP contribution is 2.09. The molecule has 176 valence electrons. The normalized spacial score (nSPS) is 18.7. The quantitative estimate of drug-likeness (QED) is 0.227. The van der Waals surface area contributed by atoms with Gasteiger partial charge in [0.1, 0.15) is 19.1 Å². The number of carbonyl (C=O) groups is 5.